The molecule has 0 rings (SSSR count). The van der Waals surface area contributed by atoms with E-state index in [4.69, 9.17) is 20.9 Å². The molecule has 0 aliphatic carbocycles. The average Bonchev–Trinajstić information content (AvgIpc) is 1.98. The van der Waals surface area contributed by atoms with Crippen molar-refractivity contribution in [1.82, 2.24) is 0 Å². The van der Waals surface area contributed by atoms with Gasteiger partial charge in [0.25, 0.3) is 0 Å². The number of hydrogen-bond donors (Lipinski definition) is 1. The first-order valence-corrected chi connectivity index (χ1v) is 8.24. The fraction of sp³-hybridized carbons (Fsp3) is 1.00. The Morgan fingerprint density at radius 2 is 1.36 bits per heavy atom. The number of hydrogen-bond acceptors (Lipinski definition) is 3. The second-order valence-electron chi connectivity index (χ2n) is 3.85. The summed E-state index contributed by atoms with van der Waals surface area (Å²) in [6, 6.07) is 0. The molecule has 0 aromatic carbocycles. The van der Waals surface area contributed by atoms with Gasteiger partial charge in [-0.2, -0.15) is 0 Å². The van der Waals surface area contributed by atoms with Crippen LogP contribution in [0.3, 0.4) is 0 Å². The van der Waals surface area contributed by atoms with Crippen LogP contribution in [0.25, 0.3) is 0 Å². The van der Waals surface area contributed by atoms with E-state index < -0.39 is 5.69 Å². The fourth-order valence-corrected chi connectivity index (χ4v) is 2.34. The molecule has 0 spiro atoms. The van der Waals surface area contributed by atoms with Crippen LogP contribution in [0, 0.1) is 11.8 Å². The van der Waals surface area contributed by atoms with Crippen molar-refractivity contribution in [1.29, 1.82) is 0 Å². The Morgan fingerprint density at radius 1 is 1.07 bits per heavy atom. The van der Waals surface area contributed by atoms with E-state index in [1.54, 1.807) is 0 Å². The van der Waals surface area contributed by atoms with E-state index >= 15 is 0 Å². The Kier molecular flexibility index (Phi) is 11.4. The van der Waals surface area contributed by atoms with Crippen molar-refractivity contribution in [2.75, 3.05) is 13.2 Å². The van der Waals surface area contributed by atoms with Crippen molar-refractivity contribution < 1.29 is 9.05 Å². The van der Waals surface area contributed by atoms with Crippen LogP contribution >= 0.6 is 17.9 Å². The molecule has 2 radical (unpaired) electrons. The molecule has 6 heteroatoms. The van der Waals surface area contributed by atoms with Crippen LogP contribution < -0.4 is 0 Å². The van der Waals surface area contributed by atoms with Gasteiger partial charge in [0, 0.05) is 0 Å². The Morgan fingerprint density at radius 3 is 1.57 bits per heavy atom. The van der Waals surface area contributed by atoms with Crippen LogP contribution in [0.15, 0.2) is 0 Å². The van der Waals surface area contributed by atoms with E-state index in [1.165, 1.54) is 0 Å². The van der Waals surface area contributed by atoms with E-state index in [0.717, 1.165) is 0 Å². The van der Waals surface area contributed by atoms with E-state index in [9.17, 15) is 0 Å². The van der Waals surface area contributed by atoms with Crippen molar-refractivity contribution in [3.8, 4) is 0 Å². The molecule has 2 nitrogen and oxygen atoms in total. The van der Waals surface area contributed by atoms with Gasteiger partial charge in [-0.05, 0) is 23.6 Å². The third-order valence-corrected chi connectivity index (χ3v) is 3.42. The Labute approximate surface area is 115 Å². The SMILES string of the molecule is CC(C)COP(=S)(S)OCC(C)C.[SnH2]. The van der Waals surface area contributed by atoms with Gasteiger partial charge in [-0.25, -0.2) is 0 Å². The van der Waals surface area contributed by atoms with Crippen molar-refractivity contribution in [2.24, 2.45) is 11.8 Å². The number of thiol groups is 1. The Balaban J connectivity index is 0. The first kappa shape index (κ1) is 18.1. The molecule has 0 bridgehead atoms. The summed E-state index contributed by atoms with van der Waals surface area (Å²) in [7, 11) is 0. The zero-order valence-corrected chi connectivity index (χ0v) is 16.0. The predicted octanol–water partition coefficient (Wildman–Crippen LogP) is 2.57. The summed E-state index contributed by atoms with van der Waals surface area (Å²) in [5.74, 6) is 0.939. The standard InChI is InChI=1S/C8H19O2PS2.Sn.2H/c1-7(2)5-9-11(12,13)10-6-8(3)4;;;/h7-8H,5-6H2,1-4H3,(H,12,13);;;. The monoisotopic (exact) mass is 364 g/mol. The van der Waals surface area contributed by atoms with Gasteiger partial charge in [-0.3, -0.25) is 0 Å². The summed E-state index contributed by atoms with van der Waals surface area (Å²) >= 11 is 9.33. The van der Waals surface area contributed by atoms with Crippen LogP contribution in [0.2, 0.25) is 0 Å². The molecule has 0 atom stereocenters. The molecule has 14 heavy (non-hydrogen) atoms. The molecule has 0 saturated heterocycles. The average molecular weight is 363 g/mol. The fourth-order valence-electron chi connectivity index (χ4n) is 0.524. The molecule has 0 N–H and O–H groups in total. The molecule has 0 aromatic rings. The van der Waals surface area contributed by atoms with Gasteiger partial charge in [0.1, 0.15) is 0 Å². The van der Waals surface area contributed by atoms with Crippen molar-refractivity contribution in [3.63, 3.8) is 0 Å². The van der Waals surface area contributed by atoms with Crippen LogP contribution in [-0.2, 0) is 20.9 Å². The molecular formula is C8H21O2PS2Sn. The van der Waals surface area contributed by atoms with Crippen molar-refractivity contribution in [2.45, 2.75) is 27.7 Å². The summed E-state index contributed by atoms with van der Waals surface area (Å²) in [5, 5.41) is 0. The molecule has 0 saturated carbocycles. The van der Waals surface area contributed by atoms with Gasteiger partial charge in [-0.1, -0.05) is 39.9 Å². The van der Waals surface area contributed by atoms with E-state index in [0.29, 0.717) is 25.0 Å². The molecule has 0 fully saturated rings. The third-order valence-electron chi connectivity index (χ3n) is 1.14. The molecule has 0 unspecified atom stereocenters. The molecule has 0 aliphatic heterocycles. The zero-order chi connectivity index (χ0) is 10.5. The summed E-state index contributed by atoms with van der Waals surface area (Å²) in [6.07, 6.45) is 0. The van der Waals surface area contributed by atoms with Gasteiger partial charge < -0.3 is 9.05 Å². The molecule has 0 aromatic heterocycles. The van der Waals surface area contributed by atoms with Crippen LogP contribution in [0.5, 0.6) is 0 Å². The second-order valence-corrected chi connectivity index (χ2v) is 9.14. The molecule has 86 valence electrons. The van der Waals surface area contributed by atoms with Gasteiger partial charge in [0.2, 0.25) is 5.69 Å². The maximum absolute atomic E-state index is 5.41. The predicted molar refractivity (Wildman–Crippen MR) is 73.4 cm³/mol. The minimum absolute atomic E-state index is 0. The van der Waals surface area contributed by atoms with Crippen molar-refractivity contribution in [3.05, 3.63) is 0 Å². The Bertz CT molecular complexity index is 172. The van der Waals surface area contributed by atoms with E-state index in [-0.39, 0.29) is 23.9 Å². The summed E-state index contributed by atoms with van der Waals surface area (Å²) in [6.45, 7) is 9.55. The molecule has 0 aliphatic rings. The van der Waals surface area contributed by atoms with Gasteiger partial charge in [0.15, 0.2) is 0 Å². The summed E-state index contributed by atoms with van der Waals surface area (Å²) in [5.41, 5.74) is -2.27. The van der Waals surface area contributed by atoms with Crippen molar-refractivity contribution >= 4 is 53.7 Å². The minimum atomic E-state index is -2.27. The van der Waals surface area contributed by atoms with E-state index in [2.05, 4.69) is 39.9 Å². The zero-order valence-electron chi connectivity index (χ0n) is 9.40. The summed E-state index contributed by atoms with van der Waals surface area (Å²) < 4.78 is 10.8. The second kappa shape index (κ2) is 8.82. The topological polar surface area (TPSA) is 18.5 Å². The number of rotatable bonds is 6. The first-order chi connectivity index (χ1) is 5.83. The quantitative estimate of drug-likeness (QED) is 0.445. The molecular weight excluding hydrogens is 342 g/mol. The maximum atomic E-state index is 5.41. The van der Waals surface area contributed by atoms with Gasteiger partial charge in [0.05, 0.1) is 13.2 Å². The van der Waals surface area contributed by atoms with Gasteiger partial charge >= 0.3 is 23.9 Å². The molecule has 0 heterocycles. The Hall–Kier alpha value is 1.72. The third kappa shape index (κ3) is 11.8. The molecule has 0 amide bonds. The summed E-state index contributed by atoms with van der Waals surface area (Å²) in [4.78, 5) is 0. The van der Waals surface area contributed by atoms with Crippen LogP contribution in [0.1, 0.15) is 27.7 Å². The first-order valence-electron chi connectivity index (χ1n) is 4.45. The van der Waals surface area contributed by atoms with Crippen LogP contribution in [-0.4, -0.2) is 37.1 Å². The normalized spacial score (nSPS) is 11.9. The van der Waals surface area contributed by atoms with Crippen LogP contribution in [0.4, 0.5) is 0 Å². The van der Waals surface area contributed by atoms with Gasteiger partial charge in [-0.15, -0.1) is 0 Å². The van der Waals surface area contributed by atoms with E-state index in [1.807, 2.05) is 0 Å².